The van der Waals surface area contributed by atoms with Crippen LogP contribution in [0.25, 0.3) is 0 Å². The molecule has 1 heterocycles. The molecule has 174 valence electrons. The highest BCUT2D eigenvalue weighted by molar-refractivity contribution is 7.92. The van der Waals surface area contributed by atoms with Crippen molar-refractivity contribution >= 4 is 31.5 Å². The smallest absolute Gasteiger partial charge is 0.243 e. The maximum absolute atomic E-state index is 12.9. The third-order valence-corrected chi connectivity index (χ3v) is 8.71. The van der Waals surface area contributed by atoms with Crippen LogP contribution in [0.5, 0.6) is 0 Å². The van der Waals surface area contributed by atoms with E-state index >= 15 is 0 Å². The summed E-state index contributed by atoms with van der Waals surface area (Å²) in [5, 5.41) is 2.56. The van der Waals surface area contributed by atoms with Crippen LogP contribution in [0.2, 0.25) is 0 Å². The van der Waals surface area contributed by atoms with Crippen LogP contribution in [0.3, 0.4) is 0 Å². The zero-order valence-corrected chi connectivity index (χ0v) is 19.6. The third kappa shape index (κ3) is 6.61. The van der Waals surface area contributed by atoms with Crippen LogP contribution < -0.4 is 5.32 Å². The number of nitrogens with one attached hydrogen (secondary N) is 1. The van der Waals surface area contributed by atoms with Crippen LogP contribution in [0.15, 0.2) is 53.4 Å². The van der Waals surface area contributed by atoms with Gasteiger partial charge in [-0.05, 0) is 43.0 Å². The molecule has 8 nitrogen and oxygen atoms in total. The zero-order chi connectivity index (χ0) is 23.2. The first-order valence-corrected chi connectivity index (χ1v) is 13.7. The van der Waals surface area contributed by atoms with E-state index in [1.54, 1.807) is 13.0 Å². The molecule has 0 aromatic heterocycles. The first-order chi connectivity index (χ1) is 15.2. The predicted molar refractivity (Wildman–Crippen MR) is 123 cm³/mol. The lowest BCUT2D eigenvalue weighted by Gasteiger charge is -2.26. The van der Waals surface area contributed by atoms with Gasteiger partial charge in [-0.3, -0.25) is 4.79 Å². The molecule has 0 unspecified atom stereocenters. The van der Waals surface area contributed by atoms with Crippen molar-refractivity contribution in [2.75, 3.05) is 43.1 Å². The van der Waals surface area contributed by atoms with Crippen LogP contribution in [-0.4, -0.2) is 64.9 Å². The van der Waals surface area contributed by atoms with Crippen LogP contribution in [0.4, 0.5) is 5.69 Å². The largest absolute Gasteiger partial charge is 0.379 e. The number of sulfone groups is 1. The van der Waals surface area contributed by atoms with Gasteiger partial charge in [0.05, 0.1) is 23.9 Å². The summed E-state index contributed by atoms with van der Waals surface area (Å²) in [5.74, 6) is -1.43. The summed E-state index contributed by atoms with van der Waals surface area (Å²) in [6.45, 7) is 2.90. The summed E-state index contributed by atoms with van der Waals surface area (Å²) in [6.07, 6.45) is 1.04. The molecule has 0 saturated carbocycles. The molecule has 2 aromatic carbocycles. The highest BCUT2D eigenvalue weighted by Crippen LogP contribution is 2.23. The monoisotopic (exact) mass is 480 g/mol. The molecular formula is C22H28N2O6S2. The van der Waals surface area contributed by atoms with Gasteiger partial charge in [0.1, 0.15) is 5.75 Å². The van der Waals surface area contributed by atoms with E-state index in [0.29, 0.717) is 31.6 Å². The number of sulfonamides is 1. The maximum atomic E-state index is 12.9. The Labute approximate surface area is 189 Å². The SMILES string of the molecule is Cc1ccc(S(=O)(=O)N2CCOCC2)cc1NC(=O)CS(=O)(=O)CCCc1ccccc1. The molecule has 1 fully saturated rings. The number of carbonyl (C=O) groups excluding carboxylic acids is 1. The van der Waals surface area contributed by atoms with E-state index in [1.165, 1.54) is 16.4 Å². The van der Waals surface area contributed by atoms with Crippen molar-refractivity contribution in [3.05, 3.63) is 59.7 Å². The minimum Gasteiger partial charge on any atom is -0.379 e. The van der Waals surface area contributed by atoms with Gasteiger partial charge in [-0.1, -0.05) is 36.4 Å². The van der Waals surface area contributed by atoms with Gasteiger partial charge in [-0.15, -0.1) is 0 Å². The van der Waals surface area contributed by atoms with Crippen molar-refractivity contribution in [2.45, 2.75) is 24.7 Å². The molecule has 10 heteroatoms. The molecule has 1 N–H and O–H groups in total. The second-order valence-corrected chi connectivity index (χ2v) is 11.8. The van der Waals surface area contributed by atoms with Crippen LogP contribution in [0.1, 0.15) is 17.5 Å². The van der Waals surface area contributed by atoms with E-state index in [1.807, 2.05) is 30.3 Å². The minimum atomic E-state index is -3.73. The summed E-state index contributed by atoms with van der Waals surface area (Å²) < 4.78 is 57.0. The Hall–Kier alpha value is -2.27. The number of rotatable bonds is 9. The standard InChI is InChI=1S/C22H28N2O6S2/c1-18-9-10-20(32(28,29)24-11-13-30-14-12-24)16-21(18)23-22(25)17-31(26,27)15-5-8-19-6-3-2-4-7-19/h2-4,6-7,9-10,16H,5,8,11-15,17H2,1H3,(H,23,25). The van der Waals surface area contributed by atoms with Gasteiger partial charge >= 0.3 is 0 Å². The van der Waals surface area contributed by atoms with Gasteiger partial charge in [0.25, 0.3) is 0 Å². The number of nitrogens with zero attached hydrogens (tertiary/aromatic N) is 1. The topological polar surface area (TPSA) is 110 Å². The Balaban J connectivity index is 1.62. The number of morpholine rings is 1. The Morgan fingerprint density at radius 1 is 1.03 bits per heavy atom. The van der Waals surface area contributed by atoms with E-state index in [9.17, 15) is 21.6 Å². The van der Waals surface area contributed by atoms with Gasteiger partial charge in [0, 0.05) is 18.8 Å². The number of benzene rings is 2. The van der Waals surface area contributed by atoms with Gasteiger partial charge < -0.3 is 10.1 Å². The molecule has 3 rings (SSSR count). The highest BCUT2D eigenvalue weighted by Gasteiger charge is 2.27. The molecule has 1 saturated heterocycles. The first-order valence-electron chi connectivity index (χ1n) is 10.4. The molecule has 32 heavy (non-hydrogen) atoms. The molecule has 0 spiro atoms. The summed E-state index contributed by atoms with van der Waals surface area (Å²) in [4.78, 5) is 12.5. The van der Waals surface area contributed by atoms with E-state index in [4.69, 9.17) is 4.74 Å². The normalized spacial score (nSPS) is 15.4. The van der Waals surface area contributed by atoms with Gasteiger partial charge in [-0.25, -0.2) is 16.8 Å². The minimum absolute atomic E-state index is 0.0472. The first kappa shape index (κ1) is 24.4. The highest BCUT2D eigenvalue weighted by atomic mass is 32.2. The molecule has 2 aromatic rings. The maximum Gasteiger partial charge on any atom is 0.243 e. The van der Waals surface area contributed by atoms with Crippen molar-refractivity contribution < 1.29 is 26.4 Å². The van der Waals surface area contributed by atoms with Gasteiger partial charge in [0.15, 0.2) is 9.84 Å². The Bertz CT molecular complexity index is 1140. The van der Waals surface area contributed by atoms with Crippen molar-refractivity contribution in [3.8, 4) is 0 Å². The zero-order valence-electron chi connectivity index (χ0n) is 18.0. The number of carbonyl (C=O) groups is 1. The van der Waals surface area contributed by atoms with E-state index in [2.05, 4.69) is 5.32 Å². The van der Waals surface area contributed by atoms with Gasteiger partial charge in [0.2, 0.25) is 15.9 Å². The second-order valence-electron chi connectivity index (χ2n) is 7.72. The average Bonchev–Trinajstić information content (AvgIpc) is 2.76. The molecular weight excluding hydrogens is 452 g/mol. The average molecular weight is 481 g/mol. The number of aryl methyl sites for hydroxylation is 2. The molecule has 1 aliphatic heterocycles. The quantitative estimate of drug-likeness (QED) is 0.588. The fourth-order valence-corrected chi connectivity index (χ4v) is 6.07. The number of ether oxygens (including phenoxy) is 1. The van der Waals surface area contributed by atoms with E-state index in [-0.39, 0.29) is 29.4 Å². The van der Waals surface area contributed by atoms with Crippen molar-refractivity contribution in [3.63, 3.8) is 0 Å². The van der Waals surface area contributed by atoms with Crippen LogP contribution in [0, 0.1) is 6.92 Å². The number of hydrogen-bond acceptors (Lipinski definition) is 6. The number of hydrogen-bond donors (Lipinski definition) is 1. The van der Waals surface area contributed by atoms with Crippen molar-refractivity contribution in [2.24, 2.45) is 0 Å². The van der Waals surface area contributed by atoms with Gasteiger partial charge in [-0.2, -0.15) is 4.31 Å². The molecule has 1 amide bonds. The Kier molecular flexibility index (Phi) is 8.05. The predicted octanol–water partition coefficient (Wildman–Crippen LogP) is 2.00. The molecule has 1 aliphatic rings. The lowest BCUT2D eigenvalue weighted by molar-refractivity contribution is -0.113. The summed E-state index contributed by atoms with van der Waals surface area (Å²) >= 11 is 0. The molecule has 0 aliphatic carbocycles. The third-order valence-electron chi connectivity index (χ3n) is 5.21. The lowest BCUT2D eigenvalue weighted by atomic mass is 10.1. The van der Waals surface area contributed by atoms with Crippen LogP contribution >= 0.6 is 0 Å². The molecule has 0 bridgehead atoms. The molecule has 0 radical (unpaired) electrons. The summed E-state index contributed by atoms with van der Waals surface area (Å²) in [5.41, 5.74) is 1.96. The summed E-state index contributed by atoms with van der Waals surface area (Å²) in [7, 11) is -7.32. The van der Waals surface area contributed by atoms with Crippen LogP contribution in [-0.2, 0) is 35.8 Å². The fourth-order valence-electron chi connectivity index (χ4n) is 3.43. The second kappa shape index (κ2) is 10.6. The van der Waals surface area contributed by atoms with Crippen molar-refractivity contribution in [1.82, 2.24) is 4.31 Å². The number of amides is 1. The van der Waals surface area contributed by atoms with Crippen molar-refractivity contribution in [1.29, 1.82) is 0 Å². The van der Waals surface area contributed by atoms with E-state index < -0.39 is 31.5 Å². The summed E-state index contributed by atoms with van der Waals surface area (Å²) in [6, 6.07) is 14.0. The lowest BCUT2D eigenvalue weighted by Crippen LogP contribution is -2.40. The Morgan fingerprint density at radius 3 is 2.41 bits per heavy atom. The van der Waals surface area contributed by atoms with E-state index in [0.717, 1.165) is 5.56 Å². The number of anilines is 1. The fraction of sp³-hybridized carbons (Fsp3) is 0.409. The Morgan fingerprint density at radius 2 is 1.72 bits per heavy atom. The molecule has 0 atom stereocenters.